The molecule has 3 aliphatic heterocycles. The summed E-state index contributed by atoms with van der Waals surface area (Å²) in [4.78, 5) is 16.2. The standard InChI is InChI=1S/C16H25F3N2O2/c17-16(18,19)13-2-6-20(7-3-13)10-14(22)21-8-5-15(11-21)4-1-9-23-12-15/h13H,1-12H2. The lowest BCUT2D eigenvalue weighted by molar-refractivity contribution is -0.185. The van der Waals surface area contributed by atoms with Gasteiger partial charge in [-0.1, -0.05) is 0 Å². The molecule has 0 bridgehead atoms. The molecule has 23 heavy (non-hydrogen) atoms. The Morgan fingerprint density at radius 2 is 1.91 bits per heavy atom. The van der Waals surface area contributed by atoms with Crippen LogP contribution in [0.15, 0.2) is 0 Å². The maximum atomic E-state index is 12.7. The van der Waals surface area contributed by atoms with Crippen molar-refractivity contribution in [2.45, 2.75) is 38.3 Å². The van der Waals surface area contributed by atoms with Crippen molar-refractivity contribution in [3.63, 3.8) is 0 Å². The van der Waals surface area contributed by atoms with E-state index in [0.29, 0.717) is 13.1 Å². The molecule has 1 atom stereocenters. The van der Waals surface area contributed by atoms with Crippen molar-refractivity contribution in [1.29, 1.82) is 0 Å². The summed E-state index contributed by atoms with van der Waals surface area (Å²) in [5, 5.41) is 0. The van der Waals surface area contributed by atoms with E-state index in [4.69, 9.17) is 4.74 Å². The Bertz CT molecular complexity index is 428. The third-order valence-corrected chi connectivity index (χ3v) is 5.60. The molecule has 4 nitrogen and oxygen atoms in total. The average Bonchev–Trinajstić information content (AvgIpc) is 2.91. The second kappa shape index (κ2) is 6.59. The van der Waals surface area contributed by atoms with Crippen molar-refractivity contribution in [1.82, 2.24) is 9.80 Å². The molecule has 0 radical (unpaired) electrons. The van der Waals surface area contributed by atoms with Crippen LogP contribution in [0.1, 0.15) is 32.1 Å². The topological polar surface area (TPSA) is 32.8 Å². The minimum absolute atomic E-state index is 0.0536. The van der Waals surface area contributed by atoms with Crippen LogP contribution in [0.5, 0.6) is 0 Å². The van der Waals surface area contributed by atoms with Gasteiger partial charge >= 0.3 is 6.18 Å². The molecule has 3 fully saturated rings. The zero-order valence-electron chi connectivity index (χ0n) is 13.4. The van der Waals surface area contributed by atoms with Gasteiger partial charge < -0.3 is 9.64 Å². The van der Waals surface area contributed by atoms with Crippen molar-refractivity contribution in [2.24, 2.45) is 11.3 Å². The number of hydrogen-bond donors (Lipinski definition) is 0. The summed E-state index contributed by atoms with van der Waals surface area (Å²) in [5.74, 6) is -1.15. The van der Waals surface area contributed by atoms with Gasteiger partial charge in [0.2, 0.25) is 5.91 Å². The predicted octanol–water partition coefficient (Wildman–Crippen LogP) is 2.29. The van der Waals surface area contributed by atoms with E-state index in [1.54, 1.807) is 0 Å². The van der Waals surface area contributed by atoms with Crippen molar-refractivity contribution < 1.29 is 22.7 Å². The molecule has 132 valence electrons. The Morgan fingerprint density at radius 1 is 1.17 bits per heavy atom. The van der Waals surface area contributed by atoms with Crippen LogP contribution in [0.25, 0.3) is 0 Å². The molecule has 3 rings (SSSR count). The van der Waals surface area contributed by atoms with E-state index in [1.807, 2.05) is 9.80 Å². The number of nitrogens with zero attached hydrogens (tertiary/aromatic N) is 2. The minimum Gasteiger partial charge on any atom is -0.381 e. The number of rotatable bonds is 2. The highest BCUT2D eigenvalue weighted by Crippen LogP contribution is 2.38. The molecular formula is C16H25F3N2O2. The van der Waals surface area contributed by atoms with Gasteiger partial charge in [-0.15, -0.1) is 0 Å². The number of carbonyl (C=O) groups is 1. The van der Waals surface area contributed by atoms with E-state index in [2.05, 4.69) is 0 Å². The van der Waals surface area contributed by atoms with Crippen LogP contribution in [0.4, 0.5) is 13.2 Å². The van der Waals surface area contributed by atoms with Gasteiger partial charge in [0, 0.05) is 25.1 Å². The Hall–Kier alpha value is -0.820. The van der Waals surface area contributed by atoms with Gasteiger partial charge in [-0.3, -0.25) is 9.69 Å². The van der Waals surface area contributed by atoms with Crippen LogP contribution in [0.3, 0.4) is 0 Å². The first-order chi connectivity index (χ1) is 10.9. The fourth-order valence-electron chi connectivity index (χ4n) is 4.09. The highest BCUT2D eigenvalue weighted by Gasteiger charge is 2.43. The predicted molar refractivity (Wildman–Crippen MR) is 78.9 cm³/mol. The molecule has 3 saturated heterocycles. The zero-order chi connectivity index (χ0) is 16.5. The molecule has 1 unspecified atom stereocenters. The van der Waals surface area contributed by atoms with Crippen molar-refractivity contribution >= 4 is 5.91 Å². The molecule has 0 aromatic carbocycles. The minimum atomic E-state index is -4.10. The SMILES string of the molecule is O=C(CN1CCC(C(F)(F)F)CC1)N1CCC2(CCCOC2)C1. The molecule has 3 aliphatic rings. The molecule has 0 aromatic heterocycles. The number of carbonyl (C=O) groups excluding carboxylic acids is 1. The second-order valence-corrected chi connectivity index (χ2v) is 7.31. The van der Waals surface area contributed by atoms with E-state index in [-0.39, 0.29) is 30.7 Å². The summed E-state index contributed by atoms with van der Waals surface area (Å²) in [6.07, 6.45) is -0.753. The summed E-state index contributed by atoms with van der Waals surface area (Å²) >= 11 is 0. The number of halogens is 3. The maximum Gasteiger partial charge on any atom is 0.391 e. The number of amides is 1. The highest BCUT2D eigenvalue weighted by atomic mass is 19.4. The Kier molecular flexibility index (Phi) is 4.88. The lowest BCUT2D eigenvalue weighted by Gasteiger charge is -2.34. The third-order valence-electron chi connectivity index (χ3n) is 5.60. The first-order valence-corrected chi connectivity index (χ1v) is 8.53. The van der Waals surface area contributed by atoms with Gasteiger partial charge in [-0.05, 0) is 45.2 Å². The third kappa shape index (κ3) is 3.99. The van der Waals surface area contributed by atoms with Crippen LogP contribution in [-0.4, -0.2) is 67.8 Å². The van der Waals surface area contributed by atoms with Crippen LogP contribution in [0.2, 0.25) is 0 Å². The molecule has 0 N–H and O–H groups in total. The van der Waals surface area contributed by atoms with Gasteiger partial charge in [0.15, 0.2) is 0 Å². The summed E-state index contributed by atoms with van der Waals surface area (Å²) in [6.45, 7) is 4.00. The van der Waals surface area contributed by atoms with E-state index in [1.165, 1.54) is 0 Å². The quantitative estimate of drug-likeness (QED) is 0.777. The number of alkyl halides is 3. The zero-order valence-corrected chi connectivity index (χ0v) is 13.4. The molecule has 0 saturated carbocycles. The maximum absolute atomic E-state index is 12.7. The molecule has 1 amide bonds. The number of piperidine rings is 1. The van der Waals surface area contributed by atoms with E-state index in [0.717, 1.165) is 45.6 Å². The summed E-state index contributed by atoms with van der Waals surface area (Å²) in [6, 6.07) is 0. The fraction of sp³-hybridized carbons (Fsp3) is 0.938. The van der Waals surface area contributed by atoms with Crippen molar-refractivity contribution in [2.75, 3.05) is 45.9 Å². The lowest BCUT2D eigenvalue weighted by atomic mass is 9.82. The van der Waals surface area contributed by atoms with Crippen LogP contribution in [-0.2, 0) is 9.53 Å². The smallest absolute Gasteiger partial charge is 0.381 e. The second-order valence-electron chi connectivity index (χ2n) is 7.31. The lowest BCUT2D eigenvalue weighted by Crippen LogP contribution is -2.45. The number of likely N-dealkylation sites (tertiary alicyclic amines) is 2. The average molecular weight is 334 g/mol. The number of hydrogen-bond acceptors (Lipinski definition) is 3. The molecule has 1 spiro atoms. The first kappa shape index (κ1) is 17.0. The fourth-order valence-corrected chi connectivity index (χ4v) is 4.09. The van der Waals surface area contributed by atoms with Gasteiger partial charge in [0.05, 0.1) is 19.1 Å². The van der Waals surface area contributed by atoms with E-state index >= 15 is 0 Å². The molecular weight excluding hydrogens is 309 g/mol. The van der Waals surface area contributed by atoms with Gasteiger partial charge in [0.1, 0.15) is 0 Å². The van der Waals surface area contributed by atoms with Gasteiger partial charge in [-0.25, -0.2) is 0 Å². The van der Waals surface area contributed by atoms with E-state index in [9.17, 15) is 18.0 Å². The number of ether oxygens (including phenoxy) is 1. The van der Waals surface area contributed by atoms with Crippen molar-refractivity contribution in [3.05, 3.63) is 0 Å². The van der Waals surface area contributed by atoms with Crippen molar-refractivity contribution in [3.8, 4) is 0 Å². The Balaban J connectivity index is 1.45. The van der Waals surface area contributed by atoms with E-state index < -0.39 is 12.1 Å². The molecule has 0 aliphatic carbocycles. The normalized spacial score (nSPS) is 31.0. The van der Waals surface area contributed by atoms with Crippen LogP contribution < -0.4 is 0 Å². The largest absolute Gasteiger partial charge is 0.391 e. The Labute approximate surface area is 134 Å². The summed E-state index contributed by atoms with van der Waals surface area (Å²) < 4.78 is 43.6. The summed E-state index contributed by atoms with van der Waals surface area (Å²) in [7, 11) is 0. The molecule has 0 aromatic rings. The first-order valence-electron chi connectivity index (χ1n) is 8.53. The molecule has 7 heteroatoms. The van der Waals surface area contributed by atoms with Crippen LogP contribution >= 0.6 is 0 Å². The summed E-state index contributed by atoms with van der Waals surface area (Å²) in [5.41, 5.74) is 0.122. The van der Waals surface area contributed by atoms with Gasteiger partial charge in [-0.2, -0.15) is 13.2 Å². The van der Waals surface area contributed by atoms with Crippen LogP contribution in [0, 0.1) is 11.3 Å². The molecule has 3 heterocycles. The Morgan fingerprint density at radius 3 is 2.52 bits per heavy atom. The highest BCUT2D eigenvalue weighted by molar-refractivity contribution is 5.78. The van der Waals surface area contributed by atoms with Gasteiger partial charge in [0.25, 0.3) is 0 Å². The monoisotopic (exact) mass is 334 g/mol.